The second kappa shape index (κ2) is 3.98. The minimum absolute atomic E-state index is 0.650. The van der Waals surface area contributed by atoms with Gasteiger partial charge in [0.05, 0.1) is 0 Å². The number of hydrogen-bond acceptors (Lipinski definition) is 2. The Morgan fingerprint density at radius 1 is 1.47 bits per heavy atom. The highest BCUT2D eigenvalue weighted by Gasteiger charge is 2.03. The third-order valence-electron chi connectivity index (χ3n) is 2.21. The summed E-state index contributed by atoms with van der Waals surface area (Å²) in [6.07, 6.45) is 4.46. The summed E-state index contributed by atoms with van der Waals surface area (Å²) in [5, 5.41) is 0. The molecule has 3 nitrogen and oxygen atoms in total. The number of carbonyl (C=O) groups is 1. The van der Waals surface area contributed by atoms with Gasteiger partial charge in [-0.2, -0.15) is 0 Å². The van der Waals surface area contributed by atoms with E-state index in [0.29, 0.717) is 5.56 Å². The summed E-state index contributed by atoms with van der Waals surface area (Å²) in [5.41, 5.74) is 1.64. The molecular formula is C11H9BrN2O. The van der Waals surface area contributed by atoms with Crippen LogP contribution in [0.3, 0.4) is 0 Å². The fraction of sp³-hybridized carbons (Fsp3) is 0.0909. The number of halogens is 1. The van der Waals surface area contributed by atoms with E-state index in [9.17, 15) is 4.79 Å². The van der Waals surface area contributed by atoms with Crippen LogP contribution < -0.4 is 0 Å². The molecule has 0 spiro atoms. The highest BCUT2D eigenvalue weighted by atomic mass is 79.9. The van der Waals surface area contributed by atoms with Crippen molar-refractivity contribution < 1.29 is 4.79 Å². The van der Waals surface area contributed by atoms with Crippen molar-refractivity contribution in [3.63, 3.8) is 0 Å². The summed E-state index contributed by atoms with van der Waals surface area (Å²) < 4.78 is 2.75. The summed E-state index contributed by atoms with van der Waals surface area (Å²) in [4.78, 5) is 14.8. The number of imidazole rings is 1. The average Bonchev–Trinajstić information content (AvgIpc) is 2.64. The standard InChI is InChI=1S/C11H9BrN2O/c1-8-13-4-5-14(8)10-3-2-9(7-15)11(12)6-10/h2-7H,1H3. The largest absolute Gasteiger partial charge is 0.304 e. The molecule has 4 heteroatoms. The second-order valence-corrected chi connectivity index (χ2v) is 4.02. The number of carbonyl (C=O) groups excluding carboxylic acids is 1. The monoisotopic (exact) mass is 264 g/mol. The molecule has 0 fully saturated rings. The molecule has 0 aliphatic carbocycles. The maximum Gasteiger partial charge on any atom is 0.151 e. The summed E-state index contributed by atoms with van der Waals surface area (Å²) >= 11 is 3.35. The maximum absolute atomic E-state index is 10.6. The van der Waals surface area contributed by atoms with E-state index in [4.69, 9.17) is 0 Å². The first kappa shape index (κ1) is 10.1. The van der Waals surface area contributed by atoms with Crippen molar-refractivity contribution in [3.8, 4) is 5.69 Å². The Kier molecular flexibility index (Phi) is 2.68. The van der Waals surface area contributed by atoms with E-state index in [1.54, 1.807) is 12.3 Å². The zero-order chi connectivity index (χ0) is 10.8. The van der Waals surface area contributed by atoms with Crippen molar-refractivity contribution in [1.29, 1.82) is 0 Å². The van der Waals surface area contributed by atoms with Gasteiger partial charge in [0, 0.05) is 28.1 Å². The molecular weight excluding hydrogens is 256 g/mol. The zero-order valence-corrected chi connectivity index (χ0v) is 9.73. The predicted octanol–water partition coefficient (Wildman–Crippen LogP) is 2.76. The van der Waals surface area contributed by atoms with Crippen molar-refractivity contribution in [1.82, 2.24) is 9.55 Å². The van der Waals surface area contributed by atoms with Crippen LogP contribution in [0, 0.1) is 6.92 Å². The van der Waals surface area contributed by atoms with Crippen LogP contribution in [0.4, 0.5) is 0 Å². The normalized spacial score (nSPS) is 10.3. The van der Waals surface area contributed by atoms with Crippen molar-refractivity contribution in [2.24, 2.45) is 0 Å². The zero-order valence-electron chi connectivity index (χ0n) is 8.14. The minimum Gasteiger partial charge on any atom is -0.304 e. The first-order valence-corrected chi connectivity index (χ1v) is 5.26. The molecule has 0 unspecified atom stereocenters. The molecule has 0 saturated heterocycles. The fourth-order valence-electron chi connectivity index (χ4n) is 1.41. The fourth-order valence-corrected chi connectivity index (χ4v) is 1.87. The van der Waals surface area contributed by atoms with Gasteiger partial charge in [0.1, 0.15) is 5.82 Å². The molecule has 15 heavy (non-hydrogen) atoms. The molecule has 0 bridgehead atoms. The Balaban J connectivity index is 2.52. The highest BCUT2D eigenvalue weighted by Crippen LogP contribution is 2.20. The molecule has 0 amide bonds. The van der Waals surface area contributed by atoms with Crippen LogP contribution in [0.5, 0.6) is 0 Å². The molecule has 0 aliphatic rings. The first-order chi connectivity index (χ1) is 7.22. The van der Waals surface area contributed by atoms with Crippen molar-refractivity contribution in [3.05, 3.63) is 46.5 Å². The predicted molar refractivity (Wildman–Crippen MR) is 61.4 cm³/mol. The molecule has 0 atom stereocenters. The van der Waals surface area contributed by atoms with Crippen LogP contribution >= 0.6 is 15.9 Å². The first-order valence-electron chi connectivity index (χ1n) is 4.47. The second-order valence-electron chi connectivity index (χ2n) is 3.17. The molecule has 76 valence electrons. The molecule has 1 aromatic carbocycles. The lowest BCUT2D eigenvalue weighted by Crippen LogP contribution is -1.96. The van der Waals surface area contributed by atoms with Crippen LogP contribution in [0.2, 0.25) is 0 Å². The number of rotatable bonds is 2. The molecule has 2 rings (SSSR count). The quantitative estimate of drug-likeness (QED) is 0.782. The lowest BCUT2D eigenvalue weighted by molar-refractivity contribution is 0.112. The van der Waals surface area contributed by atoms with E-state index in [-0.39, 0.29) is 0 Å². The number of aldehydes is 1. The van der Waals surface area contributed by atoms with Crippen molar-refractivity contribution >= 4 is 22.2 Å². The van der Waals surface area contributed by atoms with Crippen LogP contribution in [-0.2, 0) is 0 Å². The smallest absolute Gasteiger partial charge is 0.151 e. The van der Waals surface area contributed by atoms with E-state index in [2.05, 4.69) is 20.9 Å². The SMILES string of the molecule is Cc1nccn1-c1ccc(C=O)c(Br)c1. The molecule has 1 heterocycles. The Bertz CT molecular complexity index is 505. The number of hydrogen-bond donors (Lipinski definition) is 0. The van der Waals surface area contributed by atoms with Gasteiger partial charge in [0.15, 0.2) is 6.29 Å². The molecule has 1 aromatic heterocycles. The number of aryl methyl sites for hydroxylation is 1. The lowest BCUT2D eigenvalue weighted by Gasteiger charge is -2.06. The van der Waals surface area contributed by atoms with Gasteiger partial charge in [-0.25, -0.2) is 4.98 Å². The van der Waals surface area contributed by atoms with Gasteiger partial charge in [0.2, 0.25) is 0 Å². The lowest BCUT2D eigenvalue weighted by atomic mass is 10.2. The van der Waals surface area contributed by atoms with E-state index in [1.165, 1.54) is 0 Å². The molecule has 0 N–H and O–H groups in total. The Morgan fingerprint density at radius 3 is 2.80 bits per heavy atom. The summed E-state index contributed by atoms with van der Waals surface area (Å²) in [6.45, 7) is 1.93. The van der Waals surface area contributed by atoms with Crippen LogP contribution in [-0.4, -0.2) is 15.8 Å². The van der Waals surface area contributed by atoms with Crippen LogP contribution in [0.15, 0.2) is 35.1 Å². The van der Waals surface area contributed by atoms with Gasteiger partial charge in [-0.3, -0.25) is 4.79 Å². The van der Waals surface area contributed by atoms with Crippen LogP contribution in [0.1, 0.15) is 16.2 Å². The van der Waals surface area contributed by atoms with Gasteiger partial charge >= 0.3 is 0 Å². The average molecular weight is 265 g/mol. The topological polar surface area (TPSA) is 34.9 Å². The molecule has 0 saturated carbocycles. The van der Waals surface area contributed by atoms with Gasteiger partial charge in [-0.15, -0.1) is 0 Å². The van der Waals surface area contributed by atoms with Crippen molar-refractivity contribution in [2.45, 2.75) is 6.92 Å². The molecule has 0 aliphatic heterocycles. The number of nitrogens with zero attached hydrogens (tertiary/aromatic N) is 2. The van der Waals surface area contributed by atoms with Gasteiger partial charge in [0.25, 0.3) is 0 Å². The van der Waals surface area contributed by atoms with E-state index >= 15 is 0 Å². The number of benzene rings is 1. The summed E-state index contributed by atoms with van der Waals surface area (Å²) in [5.74, 6) is 0.917. The van der Waals surface area contributed by atoms with Gasteiger partial charge in [-0.1, -0.05) is 0 Å². The minimum atomic E-state index is 0.650. The van der Waals surface area contributed by atoms with E-state index < -0.39 is 0 Å². The Hall–Kier alpha value is -1.42. The van der Waals surface area contributed by atoms with E-state index in [0.717, 1.165) is 22.3 Å². The van der Waals surface area contributed by atoms with E-state index in [1.807, 2.05) is 29.8 Å². The highest BCUT2D eigenvalue weighted by molar-refractivity contribution is 9.10. The van der Waals surface area contributed by atoms with Gasteiger partial charge in [-0.05, 0) is 41.1 Å². The third kappa shape index (κ3) is 1.85. The third-order valence-corrected chi connectivity index (χ3v) is 2.90. The number of aromatic nitrogens is 2. The summed E-state index contributed by atoms with van der Waals surface area (Å²) in [7, 11) is 0. The molecule has 0 radical (unpaired) electrons. The molecule has 2 aromatic rings. The Labute approximate surface area is 95.9 Å². The van der Waals surface area contributed by atoms with Gasteiger partial charge < -0.3 is 4.57 Å². The Morgan fingerprint density at radius 2 is 2.27 bits per heavy atom. The maximum atomic E-state index is 10.6. The van der Waals surface area contributed by atoms with Crippen molar-refractivity contribution in [2.75, 3.05) is 0 Å². The van der Waals surface area contributed by atoms with Crippen LogP contribution in [0.25, 0.3) is 5.69 Å². The summed E-state index contributed by atoms with van der Waals surface area (Å²) in [6, 6.07) is 5.58.